The van der Waals surface area contributed by atoms with Gasteiger partial charge in [0, 0.05) is 18.5 Å². The fourth-order valence-corrected chi connectivity index (χ4v) is 2.31. The Kier molecular flexibility index (Phi) is 4.31. The highest BCUT2D eigenvalue weighted by Gasteiger charge is 2.14. The molecule has 1 heterocycles. The van der Waals surface area contributed by atoms with Crippen LogP contribution in [-0.2, 0) is 6.42 Å². The van der Waals surface area contributed by atoms with E-state index < -0.39 is 0 Å². The third kappa shape index (κ3) is 3.19. The zero-order chi connectivity index (χ0) is 14.0. The molecule has 1 aromatic carbocycles. The molecule has 102 valence electrons. The summed E-state index contributed by atoms with van der Waals surface area (Å²) in [5.41, 5.74) is 7.02. The van der Waals surface area contributed by atoms with E-state index in [0.29, 0.717) is 10.9 Å². The normalized spacial score (nSPS) is 12.9. The molecule has 0 fully saturated rings. The molecule has 0 amide bonds. The van der Waals surface area contributed by atoms with Crippen LogP contribution in [0, 0.1) is 5.82 Å². The van der Waals surface area contributed by atoms with Crippen molar-refractivity contribution in [1.29, 1.82) is 0 Å². The Balaban J connectivity index is 2.18. The molecular weight excluding hydrogens is 311 g/mol. The summed E-state index contributed by atoms with van der Waals surface area (Å²) in [4.78, 5) is 4.23. The summed E-state index contributed by atoms with van der Waals surface area (Å²) in [6, 6.07) is 4.81. The van der Waals surface area contributed by atoms with Gasteiger partial charge in [0.1, 0.15) is 18.0 Å². The molecule has 0 saturated heterocycles. The molecule has 1 unspecified atom stereocenters. The standard InChI is InChI=1S/C13H16BrFN4/c1-8(2)19-13(17-7-18-19)6-12(16)9-3-4-11(15)10(14)5-9/h3-5,7-8,12H,6,16H2,1-2H3. The van der Waals surface area contributed by atoms with Gasteiger partial charge in [0.25, 0.3) is 0 Å². The lowest BCUT2D eigenvalue weighted by atomic mass is 10.0. The van der Waals surface area contributed by atoms with E-state index in [1.54, 1.807) is 12.1 Å². The second-order valence-corrected chi connectivity index (χ2v) is 5.55. The van der Waals surface area contributed by atoms with Crippen molar-refractivity contribution in [2.75, 3.05) is 0 Å². The van der Waals surface area contributed by atoms with Crippen LogP contribution in [0.25, 0.3) is 0 Å². The van der Waals surface area contributed by atoms with E-state index in [0.717, 1.165) is 11.4 Å². The summed E-state index contributed by atoms with van der Waals surface area (Å²) in [5, 5.41) is 4.17. The highest BCUT2D eigenvalue weighted by Crippen LogP contribution is 2.22. The van der Waals surface area contributed by atoms with Gasteiger partial charge in [0.2, 0.25) is 0 Å². The molecule has 0 saturated carbocycles. The number of nitrogens with two attached hydrogens (primary N) is 1. The molecule has 2 aromatic rings. The first-order chi connectivity index (χ1) is 8.99. The van der Waals surface area contributed by atoms with Crippen molar-refractivity contribution >= 4 is 15.9 Å². The third-order valence-corrected chi connectivity index (χ3v) is 3.52. The van der Waals surface area contributed by atoms with Crippen molar-refractivity contribution in [2.45, 2.75) is 32.4 Å². The van der Waals surface area contributed by atoms with Crippen molar-refractivity contribution in [3.63, 3.8) is 0 Å². The van der Waals surface area contributed by atoms with Crippen molar-refractivity contribution in [2.24, 2.45) is 5.73 Å². The summed E-state index contributed by atoms with van der Waals surface area (Å²) >= 11 is 3.17. The first-order valence-electron chi connectivity index (χ1n) is 6.08. The van der Waals surface area contributed by atoms with Gasteiger partial charge in [-0.05, 0) is 47.5 Å². The molecule has 0 aliphatic carbocycles. The maximum Gasteiger partial charge on any atom is 0.138 e. The van der Waals surface area contributed by atoms with Gasteiger partial charge >= 0.3 is 0 Å². The van der Waals surface area contributed by atoms with Crippen LogP contribution >= 0.6 is 15.9 Å². The van der Waals surface area contributed by atoms with Gasteiger partial charge in [-0.15, -0.1) is 0 Å². The van der Waals surface area contributed by atoms with Gasteiger partial charge < -0.3 is 5.73 Å². The first kappa shape index (κ1) is 14.1. The average molecular weight is 327 g/mol. The SMILES string of the molecule is CC(C)n1ncnc1CC(N)c1ccc(F)c(Br)c1. The van der Waals surface area contributed by atoms with E-state index in [1.807, 2.05) is 18.5 Å². The number of nitrogens with zero attached hydrogens (tertiary/aromatic N) is 3. The van der Waals surface area contributed by atoms with Crippen molar-refractivity contribution in [1.82, 2.24) is 14.8 Å². The Bertz CT molecular complexity index is 568. The molecule has 6 heteroatoms. The number of aromatic nitrogens is 3. The number of benzene rings is 1. The quantitative estimate of drug-likeness (QED) is 0.939. The average Bonchev–Trinajstić information content (AvgIpc) is 2.80. The van der Waals surface area contributed by atoms with E-state index in [2.05, 4.69) is 26.0 Å². The van der Waals surface area contributed by atoms with Crippen molar-refractivity contribution in [3.05, 3.63) is 46.2 Å². The lowest BCUT2D eigenvalue weighted by molar-refractivity contribution is 0.493. The van der Waals surface area contributed by atoms with Gasteiger partial charge in [-0.1, -0.05) is 6.07 Å². The first-order valence-corrected chi connectivity index (χ1v) is 6.87. The van der Waals surface area contributed by atoms with Crippen LogP contribution in [0.1, 0.15) is 37.3 Å². The monoisotopic (exact) mass is 326 g/mol. The van der Waals surface area contributed by atoms with Gasteiger partial charge in [0.05, 0.1) is 4.47 Å². The highest BCUT2D eigenvalue weighted by molar-refractivity contribution is 9.10. The van der Waals surface area contributed by atoms with Crippen LogP contribution in [0.2, 0.25) is 0 Å². The summed E-state index contributed by atoms with van der Waals surface area (Å²) in [5.74, 6) is 0.546. The maximum atomic E-state index is 13.2. The lowest BCUT2D eigenvalue weighted by Crippen LogP contribution is -2.18. The van der Waals surface area contributed by atoms with Gasteiger partial charge in [-0.2, -0.15) is 5.10 Å². The van der Waals surface area contributed by atoms with Crippen molar-refractivity contribution < 1.29 is 4.39 Å². The Morgan fingerprint density at radius 3 is 2.79 bits per heavy atom. The fourth-order valence-electron chi connectivity index (χ4n) is 1.91. The van der Waals surface area contributed by atoms with E-state index in [9.17, 15) is 4.39 Å². The number of hydrogen-bond acceptors (Lipinski definition) is 3. The largest absolute Gasteiger partial charge is 0.324 e. The minimum absolute atomic E-state index is 0.237. The predicted octanol–water partition coefficient (Wildman–Crippen LogP) is 3.00. The zero-order valence-electron chi connectivity index (χ0n) is 10.8. The molecule has 2 rings (SSSR count). The third-order valence-electron chi connectivity index (χ3n) is 2.91. The lowest BCUT2D eigenvalue weighted by Gasteiger charge is -2.14. The van der Waals surface area contributed by atoms with Gasteiger partial charge in [0.15, 0.2) is 0 Å². The Morgan fingerprint density at radius 1 is 1.42 bits per heavy atom. The van der Waals surface area contributed by atoms with Crippen LogP contribution in [0.15, 0.2) is 29.0 Å². The summed E-state index contributed by atoms with van der Waals surface area (Å²) in [6.45, 7) is 4.08. The molecule has 0 spiro atoms. The topological polar surface area (TPSA) is 56.7 Å². The Hall–Kier alpha value is -1.27. The molecule has 4 nitrogen and oxygen atoms in total. The second-order valence-electron chi connectivity index (χ2n) is 4.70. The maximum absolute atomic E-state index is 13.2. The molecule has 0 aliphatic rings. The number of rotatable bonds is 4. The summed E-state index contributed by atoms with van der Waals surface area (Å²) in [7, 11) is 0. The summed E-state index contributed by atoms with van der Waals surface area (Å²) in [6.07, 6.45) is 2.10. The molecule has 19 heavy (non-hydrogen) atoms. The number of halogens is 2. The minimum Gasteiger partial charge on any atom is -0.324 e. The Labute approximate surface area is 120 Å². The van der Waals surface area contributed by atoms with Gasteiger partial charge in [-0.3, -0.25) is 0 Å². The second kappa shape index (κ2) is 5.79. The fraction of sp³-hybridized carbons (Fsp3) is 0.385. The van der Waals surface area contributed by atoms with Crippen LogP contribution in [0.4, 0.5) is 4.39 Å². The van der Waals surface area contributed by atoms with E-state index in [4.69, 9.17) is 5.73 Å². The van der Waals surface area contributed by atoms with Crippen molar-refractivity contribution in [3.8, 4) is 0 Å². The molecule has 1 atom stereocenters. The zero-order valence-corrected chi connectivity index (χ0v) is 12.4. The number of hydrogen-bond donors (Lipinski definition) is 1. The minimum atomic E-state index is -0.290. The van der Waals surface area contributed by atoms with Crippen LogP contribution in [-0.4, -0.2) is 14.8 Å². The summed E-state index contributed by atoms with van der Waals surface area (Å²) < 4.78 is 15.5. The molecule has 0 radical (unpaired) electrons. The van der Waals surface area contributed by atoms with Gasteiger partial charge in [-0.25, -0.2) is 14.1 Å². The molecule has 0 aliphatic heterocycles. The van der Waals surface area contributed by atoms with E-state index >= 15 is 0 Å². The highest BCUT2D eigenvalue weighted by atomic mass is 79.9. The van der Waals surface area contributed by atoms with Crippen LogP contribution < -0.4 is 5.73 Å². The Morgan fingerprint density at radius 2 is 2.16 bits per heavy atom. The molecule has 2 N–H and O–H groups in total. The van der Waals surface area contributed by atoms with Crippen LogP contribution in [0.5, 0.6) is 0 Å². The smallest absolute Gasteiger partial charge is 0.138 e. The molecule has 1 aromatic heterocycles. The molecule has 0 bridgehead atoms. The van der Waals surface area contributed by atoms with E-state index in [-0.39, 0.29) is 17.9 Å². The van der Waals surface area contributed by atoms with Crippen LogP contribution in [0.3, 0.4) is 0 Å². The molecular formula is C13H16BrFN4. The van der Waals surface area contributed by atoms with E-state index in [1.165, 1.54) is 12.4 Å². The predicted molar refractivity (Wildman–Crippen MR) is 75.1 cm³/mol.